The number of hydrogen-bond donors (Lipinski definition) is 2. The number of aromatic nitrogens is 1. The fourth-order valence-electron chi connectivity index (χ4n) is 5.77. The molecule has 3 atom stereocenters. The van der Waals surface area contributed by atoms with E-state index in [9.17, 15) is 4.79 Å². The molecule has 0 aliphatic heterocycles. The summed E-state index contributed by atoms with van der Waals surface area (Å²) in [5.74, 6) is 1.73. The number of carbonyl (C=O) groups is 1. The first-order chi connectivity index (χ1) is 14.4. The number of hydrogen-bond acceptors (Lipinski definition) is 1. The van der Waals surface area contributed by atoms with Gasteiger partial charge in [0.15, 0.2) is 0 Å². The van der Waals surface area contributed by atoms with Gasteiger partial charge in [0.25, 0.3) is 5.91 Å². The summed E-state index contributed by atoms with van der Waals surface area (Å²) in [5.41, 5.74) is 3.57. The molecule has 2 saturated carbocycles. The van der Waals surface area contributed by atoms with E-state index in [0.29, 0.717) is 10.7 Å². The van der Waals surface area contributed by atoms with Gasteiger partial charge in [-0.25, -0.2) is 0 Å². The molecule has 156 valence electrons. The zero-order valence-electron chi connectivity index (χ0n) is 17.6. The smallest absolute Gasteiger partial charge is 0.272 e. The van der Waals surface area contributed by atoms with Crippen LogP contribution in [0.3, 0.4) is 0 Å². The van der Waals surface area contributed by atoms with Gasteiger partial charge in [0, 0.05) is 39.5 Å². The number of fused-ring (bicyclic) bond motifs is 3. The Morgan fingerprint density at radius 1 is 1.10 bits per heavy atom. The number of benzene rings is 2. The average molecular weight is 423 g/mol. The van der Waals surface area contributed by atoms with Gasteiger partial charge in [-0.1, -0.05) is 23.7 Å². The van der Waals surface area contributed by atoms with Gasteiger partial charge < -0.3 is 14.8 Å². The highest BCUT2D eigenvalue weighted by molar-refractivity contribution is 6.31. The van der Waals surface area contributed by atoms with Crippen LogP contribution in [0.25, 0.3) is 10.9 Å². The predicted octanol–water partition coefficient (Wildman–Crippen LogP) is 5.84. The summed E-state index contributed by atoms with van der Waals surface area (Å²) < 4.78 is 1.06. The molecule has 2 fully saturated rings. The molecule has 2 bridgehead atoms. The number of anilines is 1. The lowest BCUT2D eigenvalue weighted by Crippen LogP contribution is -2.50. The number of H-pyrrole nitrogens is 1. The first-order valence-electron chi connectivity index (χ1n) is 10.9. The molecule has 3 unspecified atom stereocenters. The summed E-state index contributed by atoms with van der Waals surface area (Å²) >= 11 is 6.04. The average Bonchev–Trinajstić information content (AvgIpc) is 3.44. The summed E-state index contributed by atoms with van der Waals surface area (Å²) in [6.07, 6.45) is 5.69. The Labute approximate surface area is 182 Å². The van der Waals surface area contributed by atoms with E-state index in [2.05, 4.69) is 36.5 Å². The molecule has 2 aromatic carbocycles. The van der Waals surface area contributed by atoms with Crippen LogP contribution >= 0.6 is 11.6 Å². The van der Waals surface area contributed by atoms with E-state index in [1.807, 2.05) is 36.4 Å². The van der Waals surface area contributed by atoms with Crippen LogP contribution in [-0.2, 0) is 6.54 Å². The van der Waals surface area contributed by atoms with Crippen molar-refractivity contribution in [1.29, 1.82) is 0 Å². The zero-order chi connectivity index (χ0) is 20.9. The second-order valence-corrected chi connectivity index (χ2v) is 10.2. The van der Waals surface area contributed by atoms with Crippen LogP contribution in [0.5, 0.6) is 0 Å². The molecule has 0 spiro atoms. The maximum absolute atomic E-state index is 12.7. The molecule has 2 N–H and O–H groups in total. The van der Waals surface area contributed by atoms with Gasteiger partial charge >= 0.3 is 0 Å². The van der Waals surface area contributed by atoms with Crippen molar-refractivity contribution in [3.8, 4) is 0 Å². The summed E-state index contributed by atoms with van der Waals surface area (Å²) in [6.45, 7) is 1.03. The van der Waals surface area contributed by atoms with E-state index >= 15 is 0 Å². The lowest BCUT2D eigenvalue weighted by Gasteiger charge is -2.40. The van der Waals surface area contributed by atoms with Crippen LogP contribution in [0, 0.1) is 11.8 Å². The van der Waals surface area contributed by atoms with Gasteiger partial charge in [-0.15, -0.1) is 0 Å². The first-order valence-corrected chi connectivity index (χ1v) is 11.3. The van der Waals surface area contributed by atoms with E-state index in [1.54, 1.807) is 0 Å². The van der Waals surface area contributed by atoms with Crippen LogP contribution in [0.15, 0.2) is 48.5 Å². The Kier molecular flexibility index (Phi) is 4.87. The lowest BCUT2D eigenvalue weighted by atomic mass is 9.92. The van der Waals surface area contributed by atoms with Crippen molar-refractivity contribution >= 4 is 34.1 Å². The minimum absolute atomic E-state index is 0.145. The third-order valence-corrected chi connectivity index (χ3v) is 7.46. The number of nitrogens with zero attached hydrogens (tertiary/aromatic N) is 1. The molecule has 5 heteroatoms. The Bertz CT molecular complexity index is 1090. The second kappa shape index (κ2) is 7.44. The molecule has 30 heavy (non-hydrogen) atoms. The summed E-state index contributed by atoms with van der Waals surface area (Å²) in [5, 5.41) is 4.59. The molecular formula is C25H29ClN3O+. The topological polar surface area (TPSA) is 44.9 Å². The third kappa shape index (κ3) is 3.75. The third-order valence-electron chi connectivity index (χ3n) is 7.23. The molecule has 4 nitrogen and oxygen atoms in total. The van der Waals surface area contributed by atoms with Crippen molar-refractivity contribution in [3.63, 3.8) is 0 Å². The molecule has 5 rings (SSSR count). The van der Waals surface area contributed by atoms with E-state index in [0.717, 1.165) is 45.5 Å². The molecular weight excluding hydrogens is 394 g/mol. The van der Waals surface area contributed by atoms with Crippen LogP contribution in [0.2, 0.25) is 5.02 Å². The molecule has 0 radical (unpaired) electrons. The quantitative estimate of drug-likeness (QED) is 0.498. The molecule has 1 aromatic heterocycles. The van der Waals surface area contributed by atoms with Crippen molar-refractivity contribution in [1.82, 2.24) is 4.98 Å². The van der Waals surface area contributed by atoms with Crippen molar-refractivity contribution in [2.75, 3.05) is 19.4 Å². The highest BCUT2D eigenvalue weighted by atomic mass is 35.5. The number of halogens is 1. The Hall–Kier alpha value is -2.30. The van der Waals surface area contributed by atoms with E-state index < -0.39 is 0 Å². The largest absolute Gasteiger partial charge is 0.351 e. The minimum atomic E-state index is -0.145. The van der Waals surface area contributed by atoms with Crippen molar-refractivity contribution in [2.24, 2.45) is 11.8 Å². The van der Waals surface area contributed by atoms with Crippen molar-refractivity contribution in [2.45, 2.75) is 38.3 Å². The maximum Gasteiger partial charge on any atom is 0.272 e. The zero-order valence-corrected chi connectivity index (χ0v) is 18.4. The van der Waals surface area contributed by atoms with Crippen LogP contribution < -0.4 is 5.32 Å². The first kappa shape index (κ1) is 19.7. The van der Waals surface area contributed by atoms with Gasteiger partial charge in [-0.2, -0.15) is 0 Å². The molecule has 1 amide bonds. The second-order valence-electron chi connectivity index (χ2n) is 9.74. The van der Waals surface area contributed by atoms with Crippen molar-refractivity contribution < 1.29 is 9.28 Å². The number of nitrogens with one attached hydrogen (secondary N) is 2. The fraction of sp³-hybridized carbons (Fsp3) is 0.400. The molecule has 2 aliphatic carbocycles. The number of quaternary nitrogens is 1. The number of amides is 1. The van der Waals surface area contributed by atoms with Crippen LogP contribution in [0.1, 0.15) is 41.7 Å². The molecule has 1 heterocycles. The number of aromatic amines is 1. The van der Waals surface area contributed by atoms with Gasteiger partial charge in [0.2, 0.25) is 0 Å². The molecule has 3 aromatic rings. The number of carbonyl (C=O) groups excluding carboxylic acids is 1. The molecule has 2 aliphatic rings. The van der Waals surface area contributed by atoms with Crippen LogP contribution in [-0.4, -0.2) is 35.5 Å². The Balaban J connectivity index is 1.25. The fourth-order valence-corrected chi connectivity index (χ4v) is 5.95. The highest BCUT2D eigenvalue weighted by Gasteiger charge is 2.47. The number of rotatable bonds is 5. The van der Waals surface area contributed by atoms with E-state index in [4.69, 9.17) is 11.6 Å². The van der Waals surface area contributed by atoms with Crippen LogP contribution in [0.4, 0.5) is 5.69 Å². The van der Waals surface area contributed by atoms with E-state index in [-0.39, 0.29) is 5.91 Å². The predicted molar refractivity (Wildman–Crippen MR) is 123 cm³/mol. The van der Waals surface area contributed by atoms with Crippen molar-refractivity contribution in [3.05, 3.63) is 64.8 Å². The highest BCUT2D eigenvalue weighted by Crippen LogP contribution is 2.48. The van der Waals surface area contributed by atoms with Gasteiger partial charge in [-0.05, 0) is 61.6 Å². The Morgan fingerprint density at radius 3 is 2.60 bits per heavy atom. The monoisotopic (exact) mass is 422 g/mol. The lowest BCUT2D eigenvalue weighted by molar-refractivity contribution is -0.931. The van der Waals surface area contributed by atoms with Gasteiger partial charge in [0.1, 0.15) is 12.2 Å². The van der Waals surface area contributed by atoms with E-state index in [1.165, 1.54) is 31.2 Å². The molecule has 0 saturated heterocycles. The minimum Gasteiger partial charge on any atom is -0.351 e. The normalized spacial score (nSPS) is 23.2. The standard InChI is InChI=1S/C25H28ClN3O/c1-29(2,24-12-17-3-6-18(24)11-17)15-16-4-8-21(9-5-16)27-25(30)23-14-19-13-20(26)7-10-22(19)28-23/h4-5,7-10,13-14,17-18,24H,3,6,11-12,15H2,1-2H3,(H-,27,28,30)/p+1. The maximum atomic E-state index is 12.7. The summed E-state index contributed by atoms with van der Waals surface area (Å²) in [4.78, 5) is 15.8. The SMILES string of the molecule is C[N+](C)(Cc1ccc(NC(=O)c2cc3cc(Cl)ccc3[nH]2)cc1)C1CC2CCC1C2. The Morgan fingerprint density at radius 2 is 1.90 bits per heavy atom. The van der Waals surface area contributed by atoms with Gasteiger partial charge in [-0.3, -0.25) is 4.79 Å². The summed E-state index contributed by atoms with van der Waals surface area (Å²) in [7, 11) is 4.76. The van der Waals surface area contributed by atoms with Gasteiger partial charge in [0.05, 0.1) is 20.1 Å². The summed E-state index contributed by atoms with van der Waals surface area (Å²) in [6, 6.07) is 16.5.